The second-order valence-corrected chi connectivity index (χ2v) is 4.97. The third-order valence-electron chi connectivity index (χ3n) is 3.51. The second kappa shape index (κ2) is 5.36. The van der Waals surface area contributed by atoms with Crippen molar-refractivity contribution < 1.29 is 14.6 Å². The molecule has 21 heavy (non-hydrogen) atoms. The summed E-state index contributed by atoms with van der Waals surface area (Å²) >= 11 is 0. The predicted octanol–water partition coefficient (Wildman–Crippen LogP) is 2.37. The van der Waals surface area contributed by atoms with E-state index < -0.39 is 5.97 Å². The van der Waals surface area contributed by atoms with Crippen LogP contribution in [0, 0.1) is 0 Å². The highest BCUT2D eigenvalue weighted by atomic mass is 16.5. The Bertz CT molecular complexity index is 685. The van der Waals surface area contributed by atoms with Gasteiger partial charge in [-0.05, 0) is 29.8 Å². The summed E-state index contributed by atoms with van der Waals surface area (Å²) in [4.78, 5) is 13.2. The molecule has 5 heteroatoms. The molecule has 5 nitrogen and oxygen atoms in total. The van der Waals surface area contributed by atoms with Crippen LogP contribution in [0.15, 0.2) is 42.5 Å². The number of hydrogen-bond acceptors (Lipinski definition) is 4. The van der Waals surface area contributed by atoms with E-state index in [1.807, 2.05) is 24.3 Å². The second-order valence-electron chi connectivity index (χ2n) is 4.97. The zero-order valence-corrected chi connectivity index (χ0v) is 11.5. The molecule has 1 heterocycles. The highest BCUT2D eigenvalue weighted by Crippen LogP contribution is 2.37. The van der Waals surface area contributed by atoms with Gasteiger partial charge in [0.15, 0.2) is 0 Å². The van der Waals surface area contributed by atoms with Crippen molar-refractivity contribution in [3.8, 4) is 5.75 Å². The SMILES string of the molecule is Nc1cccc2c1N(Cc1cccc(C(=O)O)c1)CCO2. The maximum Gasteiger partial charge on any atom is 0.335 e. The van der Waals surface area contributed by atoms with Crippen LogP contribution in [0.2, 0.25) is 0 Å². The summed E-state index contributed by atoms with van der Waals surface area (Å²) in [6.07, 6.45) is 0. The van der Waals surface area contributed by atoms with Gasteiger partial charge in [-0.25, -0.2) is 4.79 Å². The number of aromatic carboxylic acids is 1. The number of anilines is 2. The maximum atomic E-state index is 11.0. The van der Waals surface area contributed by atoms with Crippen molar-refractivity contribution in [2.45, 2.75) is 6.54 Å². The van der Waals surface area contributed by atoms with E-state index in [0.717, 1.165) is 23.5 Å². The molecule has 0 radical (unpaired) electrons. The van der Waals surface area contributed by atoms with Crippen LogP contribution in [-0.4, -0.2) is 24.2 Å². The fourth-order valence-corrected chi connectivity index (χ4v) is 2.55. The maximum absolute atomic E-state index is 11.0. The monoisotopic (exact) mass is 284 g/mol. The van der Waals surface area contributed by atoms with Crippen molar-refractivity contribution >= 4 is 17.3 Å². The summed E-state index contributed by atoms with van der Waals surface area (Å²) < 4.78 is 5.62. The largest absolute Gasteiger partial charge is 0.489 e. The Hall–Kier alpha value is -2.69. The Labute approximate surface area is 122 Å². The van der Waals surface area contributed by atoms with Gasteiger partial charge < -0.3 is 20.5 Å². The Kier molecular flexibility index (Phi) is 3.39. The molecule has 0 amide bonds. The molecule has 0 aliphatic carbocycles. The first-order valence-corrected chi connectivity index (χ1v) is 6.73. The standard InChI is InChI=1S/C16H16N2O3/c17-13-5-2-6-14-15(13)18(7-8-21-14)10-11-3-1-4-12(9-11)16(19)20/h1-6,9H,7-8,10,17H2,(H,19,20). The van der Waals surface area contributed by atoms with Crippen molar-refractivity contribution in [1.29, 1.82) is 0 Å². The van der Waals surface area contributed by atoms with Gasteiger partial charge in [0.2, 0.25) is 0 Å². The van der Waals surface area contributed by atoms with Gasteiger partial charge in [-0.15, -0.1) is 0 Å². The number of carbonyl (C=O) groups is 1. The number of nitrogens with zero attached hydrogens (tertiary/aromatic N) is 1. The van der Waals surface area contributed by atoms with E-state index in [1.165, 1.54) is 0 Å². The zero-order chi connectivity index (χ0) is 14.8. The normalized spacial score (nSPS) is 13.4. The topological polar surface area (TPSA) is 75.8 Å². The molecule has 108 valence electrons. The molecular weight excluding hydrogens is 268 g/mol. The van der Waals surface area contributed by atoms with E-state index in [2.05, 4.69) is 4.90 Å². The number of fused-ring (bicyclic) bond motifs is 1. The highest BCUT2D eigenvalue weighted by Gasteiger charge is 2.20. The van der Waals surface area contributed by atoms with Crippen LogP contribution in [0.25, 0.3) is 0 Å². The number of para-hydroxylation sites is 1. The van der Waals surface area contributed by atoms with Gasteiger partial charge in [0.05, 0.1) is 17.8 Å². The number of rotatable bonds is 3. The summed E-state index contributed by atoms with van der Waals surface area (Å²) in [5.74, 6) is -0.144. The third-order valence-corrected chi connectivity index (χ3v) is 3.51. The minimum Gasteiger partial charge on any atom is -0.489 e. The molecule has 0 spiro atoms. The predicted molar refractivity (Wildman–Crippen MR) is 80.8 cm³/mol. The summed E-state index contributed by atoms with van der Waals surface area (Å²) in [7, 11) is 0. The van der Waals surface area contributed by atoms with Crippen LogP contribution < -0.4 is 15.4 Å². The highest BCUT2D eigenvalue weighted by molar-refractivity contribution is 5.87. The molecule has 1 aliphatic heterocycles. The summed E-state index contributed by atoms with van der Waals surface area (Å²) in [6, 6.07) is 12.6. The Morgan fingerprint density at radius 2 is 2.10 bits per heavy atom. The number of carboxylic acids is 1. The molecule has 3 N–H and O–H groups in total. The molecule has 0 bridgehead atoms. The Morgan fingerprint density at radius 1 is 1.29 bits per heavy atom. The van der Waals surface area contributed by atoms with E-state index >= 15 is 0 Å². The van der Waals surface area contributed by atoms with Crippen molar-refractivity contribution in [3.05, 3.63) is 53.6 Å². The molecule has 2 aromatic rings. The summed E-state index contributed by atoms with van der Waals surface area (Å²) in [5, 5.41) is 9.06. The van der Waals surface area contributed by atoms with Crippen molar-refractivity contribution in [1.82, 2.24) is 0 Å². The van der Waals surface area contributed by atoms with Gasteiger partial charge in [-0.2, -0.15) is 0 Å². The minimum absolute atomic E-state index is 0.294. The number of nitrogens with two attached hydrogens (primary N) is 1. The van der Waals surface area contributed by atoms with Gasteiger partial charge in [0.25, 0.3) is 0 Å². The van der Waals surface area contributed by atoms with Crippen molar-refractivity contribution in [2.75, 3.05) is 23.8 Å². The molecule has 0 fully saturated rings. The van der Waals surface area contributed by atoms with Gasteiger partial charge in [-0.3, -0.25) is 0 Å². The van der Waals surface area contributed by atoms with E-state index in [1.54, 1.807) is 18.2 Å². The number of benzene rings is 2. The average Bonchev–Trinajstić information content (AvgIpc) is 2.48. The fraction of sp³-hybridized carbons (Fsp3) is 0.188. The van der Waals surface area contributed by atoms with Crippen LogP contribution >= 0.6 is 0 Å². The molecular formula is C16H16N2O3. The smallest absolute Gasteiger partial charge is 0.335 e. The molecule has 0 unspecified atom stereocenters. The third kappa shape index (κ3) is 2.63. The molecule has 2 aromatic carbocycles. The van der Waals surface area contributed by atoms with Crippen LogP contribution in [-0.2, 0) is 6.54 Å². The molecule has 0 atom stereocenters. The lowest BCUT2D eigenvalue weighted by molar-refractivity contribution is 0.0696. The number of carboxylic acid groups (broad SMARTS) is 1. The zero-order valence-electron chi connectivity index (χ0n) is 11.5. The average molecular weight is 284 g/mol. The summed E-state index contributed by atoms with van der Waals surface area (Å²) in [5.41, 5.74) is 8.82. The molecule has 1 aliphatic rings. The van der Waals surface area contributed by atoms with Crippen LogP contribution in [0.1, 0.15) is 15.9 Å². The lowest BCUT2D eigenvalue weighted by Gasteiger charge is -2.32. The van der Waals surface area contributed by atoms with Crippen LogP contribution in [0.3, 0.4) is 0 Å². The van der Waals surface area contributed by atoms with E-state index in [0.29, 0.717) is 24.4 Å². The summed E-state index contributed by atoms with van der Waals surface area (Å²) in [6.45, 7) is 1.92. The fourth-order valence-electron chi connectivity index (χ4n) is 2.55. The number of hydrogen-bond donors (Lipinski definition) is 2. The van der Waals surface area contributed by atoms with Gasteiger partial charge in [-0.1, -0.05) is 18.2 Å². The van der Waals surface area contributed by atoms with E-state index in [-0.39, 0.29) is 0 Å². The molecule has 0 aromatic heterocycles. The number of nitrogen functional groups attached to an aromatic ring is 1. The lowest BCUT2D eigenvalue weighted by Crippen LogP contribution is -2.32. The minimum atomic E-state index is -0.918. The first kappa shape index (κ1) is 13.3. The Balaban J connectivity index is 1.90. The van der Waals surface area contributed by atoms with Crippen molar-refractivity contribution in [3.63, 3.8) is 0 Å². The lowest BCUT2D eigenvalue weighted by atomic mass is 10.1. The van der Waals surface area contributed by atoms with Gasteiger partial charge >= 0.3 is 5.97 Å². The first-order valence-electron chi connectivity index (χ1n) is 6.73. The first-order chi connectivity index (χ1) is 10.1. The van der Waals surface area contributed by atoms with Crippen molar-refractivity contribution in [2.24, 2.45) is 0 Å². The molecule has 3 rings (SSSR count). The number of ether oxygens (including phenoxy) is 1. The van der Waals surface area contributed by atoms with Gasteiger partial charge in [0, 0.05) is 6.54 Å². The van der Waals surface area contributed by atoms with E-state index in [9.17, 15) is 4.79 Å². The van der Waals surface area contributed by atoms with Crippen LogP contribution in [0.4, 0.5) is 11.4 Å². The molecule has 0 saturated heterocycles. The van der Waals surface area contributed by atoms with Crippen LogP contribution in [0.5, 0.6) is 5.75 Å². The molecule has 0 saturated carbocycles. The van der Waals surface area contributed by atoms with Gasteiger partial charge in [0.1, 0.15) is 18.0 Å². The Morgan fingerprint density at radius 3 is 2.90 bits per heavy atom. The van der Waals surface area contributed by atoms with E-state index in [4.69, 9.17) is 15.6 Å². The quantitative estimate of drug-likeness (QED) is 0.846.